The summed E-state index contributed by atoms with van der Waals surface area (Å²) in [6.07, 6.45) is -12.6. The first-order valence-electron chi connectivity index (χ1n) is 28.0. The highest BCUT2D eigenvalue weighted by atomic mass is 32.2. The van der Waals surface area contributed by atoms with Crippen LogP contribution in [0.15, 0.2) is 66.7 Å². The number of aromatic hydroxyl groups is 1. The third-order valence-corrected chi connectivity index (χ3v) is 17.0. The Kier molecular flexibility index (Phi) is 22.3. The molecule has 14 unspecified atom stereocenters. The second kappa shape index (κ2) is 29.6. The molecule has 0 aliphatic carbocycles. The maximum absolute atomic E-state index is 14.7. The number of nitrogens with one attached hydrogen (secondary N) is 5. The highest BCUT2D eigenvalue weighted by molar-refractivity contribution is 7.90. The number of phenols is 1. The molecule has 1 aromatic heterocycles. The van der Waals surface area contributed by atoms with Crippen molar-refractivity contribution in [1.29, 1.82) is 0 Å². The first-order chi connectivity index (χ1) is 41.9. The molecule has 5 heterocycles. The van der Waals surface area contributed by atoms with E-state index in [9.17, 15) is 79.2 Å². The van der Waals surface area contributed by atoms with E-state index in [-0.39, 0.29) is 23.5 Å². The second-order valence-electron chi connectivity index (χ2n) is 21.9. The number of fused-ring (bicyclic) bond motifs is 2. The van der Waals surface area contributed by atoms with Crippen LogP contribution in [0.2, 0.25) is 0 Å². The van der Waals surface area contributed by atoms with E-state index >= 15 is 0 Å². The molecule has 8 amide bonds. The van der Waals surface area contributed by atoms with Gasteiger partial charge in [0.15, 0.2) is 11.5 Å². The van der Waals surface area contributed by atoms with Crippen molar-refractivity contribution in [2.75, 3.05) is 37.6 Å². The van der Waals surface area contributed by atoms with Gasteiger partial charge in [0.05, 0.1) is 36.9 Å². The van der Waals surface area contributed by atoms with Crippen LogP contribution in [0.4, 0.5) is 5.69 Å². The Bertz CT molecular complexity index is 3160. The Balaban J connectivity index is 1.10. The fraction of sp³-hybridized carbons (Fsp3) is 0.491. The fourth-order valence-electron chi connectivity index (χ4n) is 10.9. The molecule has 476 valence electrons. The molecule has 16 N–H and O–H groups in total. The Labute approximate surface area is 510 Å². The minimum atomic E-state index is -2.53. The van der Waals surface area contributed by atoms with Crippen LogP contribution in [-0.2, 0) is 42.9 Å². The zero-order valence-electron chi connectivity index (χ0n) is 47.4. The average Bonchev–Trinajstić information content (AvgIpc) is 2.33. The average molecular weight is 1270 g/mol. The number of nitrogens with two attached hydrogens (primary N) is 1. The molecule has 4 saturated heterocycles. The molecule has 4 aliphatic rings. The lowest BCUT2D eigenvalue weighted by Crippen LogP contribution is -2.64. The van der Waals surface area contributed by atoms with Gasteiger partial charge in [0.2, 0.25) is 41.4 Å². The van der Waals surface area contributed by atoms with Crippen molar-refractivity contribution in [3.05, 3.63) is 77.9 Å². The summed E-state index contributed by atoms with van der Waals surface area (Å²) in [6, 6.07) is 4.79. The molecule has 31 nitrogen and oxygen atoms in total. The largest absolute Gasteiger partial charge is 0.504 e. The number of phenolic OH excluding ortho intramolecular Hbond substituents is 1. The molecule has 0 radical (unpaired) electrons. The molecule has 0 spiro atoms. The van der Waals surface area contributed by atoms with E-state index in [4.69, 9.17) is 15.2 Å². The minimum Gasteiger partial charge on any atom is -0.504 e. The number of primary amides is 1. The van der Waals surface area contributed by atoms with Crippen LogP contribution in [0, 0.1) is 5.92 Å². The summed E-state index contributed by atoms with van der Waals surface area (Å²) in [4.78, 5) is 117. The maximum Gasteiger partial charge on any atom is 0.261 e. The number of β-amino-alcohol motifs (C(OH)–C–C–N with tert-alkyl or cyclic N) is 1. The summed E-state index contributed by atoms with van der Waals surface area (Å²) >= 11 is 1.29. The molecular formula is C55H69N11O20S2. The van der Waals surface area contributed by atoms with Crippen molar-refractivity contribution in [2.45, 2.75) is 131 Å². The van der Waals surface area contributed by atoms with Gasteiger partial charge in [-0.3, -0.25) is 38.4 Å². The number of carbonyl (C=O) groups excluding carboxylic acids is 8. The number of aliphatic hydroxyl groups is 7. The lowest BCUT2D eigenvalue weighted by Gasteiger charge is -2.34. The molecule has 4 aromatic rings. The van der Waals surface area contributed by atoms with E-state index in [1.165, 1.54) is 36.8 Å². The Morgan fingerprint density at radius 1 is 0.773 bits per heavy atom. The predicted octanol–water partition coefficient (Wildman–Crippen LogP) is -2.75. The normalized spacial score (nSPS) is 26.7. The minimum absolute atomic E-state index is 0.000815. The lowest BCUT2D eigenvalue weighted by molar-refractivity contribution is -0.433. The Morgan fingerprint density at radius 3 is 2.03 bits per heavy atom. The molecule has 8 rings (SSSR count). The van der Waals surface area contributed by atoms with Crippen molar-refractivity contribution in [3.8, 4) is 32.6 Å². The van der Waals surface area contributed by atoms with Gasteiger partial charge in [-0.25, -0.2) is 5.26 Å². The number of piperidine rings is 1. The van der Waals surface area contributed by atoms with Gasteiger partial charge in [-0.2, -0.15) is 0 Å². The number of carbonyl (C=O) groups is 8. The summed E-state index contributed by atoms with van der Waals surface area (Å²) in [5, 5.41) is 124. The van der Waals surface area contributed by atoms with Crippen LogP contribution in [-0.4, -0.2) is 219 Å². The number of benzene rings is 3. The molecule has 88 heavy (non-hydrogen) atoms. The number of hydrogen-bond acceptors (Lipinski definition) is 25. The molecule has 33 heteroatoms. The van der Waals surface area contributed by atoms with Crippen LogP contribution >= 0.6 is 23.7 Å². The summed E-state index contributed by atoms with van der Waals surface area (Å²) in [6.45, 7) is 2.69. The number of nitrogens with zero attached hydrogens (tertiary/aromatic N) is 5. The zero-order chi connectivity index (χ0) is 63.7. The van der Waals surface area contributed by atoms with Gasteiger partial charge < -0.3 is 92.1 Å². The van der Waals surface area contributed by atoms with Gasteiger partial charge in [0, 0.05) is 73.9 Å². The molecule has 3 aromatic carbocycles. The van der Waals surface area contributed by atoms with E-state index < -0.39 is 183 Å². The van der Waals surface area contributed by atoms with Crippen molar-refractivity contribution in [3.63, 3.8) is 0 Å². The van der Waals surface area contributed by atoms with Crippen LogP contribution in [0.3, 0.4) is 0 Å². The van der Waals surface area contributed by atoms with E-state index in [0.717, 1.165) is 72.1 Å². The van der Waals surface area contributed by atoms with Gasteiger partial charge in [0.1, 0.15) is 58.5 Å². The highest BCUT2D eigenvalue weighted by Gasteiger charge is 2.50. The third-order valence-electron chi connectivity index (χ3n) is 15.6. The van der Waals surface area contributed by atoms with Gasteiger partial charge in [-0.15, -0.1) is 10.2 Å². The highest BCUT2D eigenvalue weighted by Crippen LogP contribution is 2.35. The third kappa shape index (κ3) is 15.8. The van der Waals surface area contributed by atoms with E-state index in [0.29, 0.717) is 15.6 Å². The van der Waals surface area contributed by atoms with Crippen LogP contribution in [0.5, 0.6) is 11.5 Å². The van der Waals surface area contributed by atoms with Crippen LogP contribution in [0.1, 0.15) is 74.4 Å². The zero-order valence-corrected chi connectivity index (χ0v) is 49.0. The molecule has 4 aliphatic heterocycles. The van der Waals surface area contributed by atoms with E-state index in [2.05, 4.69) is 51.1 Å². The smallest absolute Gasteiger partial charge is 0.261 e. The lowest BCUT2D eigenvalue weighted by atomic mass is 9.96. The Hall–Kier alpha value is -7.67. The predicted molar refractivity (Wildman–Crippen MR) is 308 cm³/mol. The van der Waals surface area contributed by atoms with Gasteiger partial charge in [-0.05, 0) is 80.3 Å². The number of aliphatic hydroxyl groups excluding tert-OH is 7. The van der Waals surface area contributed by atoms with E-state index in [1.807, 2.05) is 24.3 Å². The molecule has 4 fully saturated rings. The SMILES string of the molecule is CC(O)C1NC(=O)C(NC(=O)c2ccc(-c3nnc(-c4ccc(N5CCCCC5)cc4)s3)cc2)CC(O)CNC(=O)C2C(O)C(C)CN2C(=O)C(C(O)CC(N)=O)NC(=O)C(C(O)C(O)c2ccc(O)c(OSOOO)c2)NC(=O)C2CC(O)CN2C1=O. The van der Waals surface area contributed by atoms with Crippen molar-refractivity contribution in [1.82, 2.24) is 46.6 Å². The number of amides is 8. The first kappa shape index (κ1) is 66.3. The molecule has 14 atom stereocenters. The summed E-state index contributed by atoms with van der Waals surface area (Å²) < 4.78 is 9.20. The van der Waals surface area contributed by atoms with Gasteiger partial charge in [0.25, 0.3) is 18.2 Å². The number of rotatable bonds is 16. The Morgan fingerprint density at radius 2 is 1.40 bits per heavy atom. The van der Waals surface area contributed by atoms with Crippen LogP contribution in [0.25, 0.3) is 21.1 Å². The van der Waals surface area contributed by atoms with Crippen LogP contribution < -0.4 is 41.4 Å². The summed E-state index contributed by atoms with van der Waals surface area (Å²) in [5.41, 5.74) is 7.61. The van der Waals surface area contributed by atoms with Crippen molar-refractivity contribution < 1.29 is 98.0 Å². The van der Waals surface area contributed by atoms with E-state index in [1.54, 1.807) is 12.1 Å². The van der Waals surface area contributed by atoms with Gasteiger partial charge >= 0.3 is 0 Å². The van der Waals surface area contributed by atoms with Crippen molar-refractivity contribution in [2.24, 2.45) is 11.7 Å². The fourth-order valence-corrected chi connectivity index (χ4v) is 12.0. The number of aromatic nitrogens is 2. The van der Waals surface area contributed by atoms with Crippen molar-refractivity contribution >= 4 is 76.6 Å². The summed E-state index contributed by atoms with van der Waals surface area (Å²) in [7, 11) is 0. The monoisotopic (exact) mass is 1270 g/mol. The standard InChI is InChI=1S/C55H69N11O20S2/c1-25-23-66-43(44(25)73)51(80)57-22-32(68)19-34(58-47(76)27-6-8-28(9-7-27)52-62-63-53(87-52)29-10-13-31(14-11-29)64-16-4-3-5-17-64)48(77)59-40(26(2)67)54(81)65-24-33(69)20-35(65)49(78)61-42(50(79)60-41(55(66)82)37(71)21-39(56)72)46(75)45(74)30-12-15-36(70)38(18-30)84-88-86-85-83/h6-15,18,25-26,32-35,37,40-46,67-71,73-75,83H,3-5,16-17,19-24H2,1-2H3,(H2,56,72)(H,57,80)(H,58,76)(H,59,77)(H,60,79)(H,61,78). The number of anilines is 1. The maximum atomic E-state index is 14.7. The summed E-state index contributed by atoms with van der Waals surface area (Å²) in [5.74, 6) is -11.9. The second-order valence-corrected chi connectivity index (χ2v) is 23.4. The topological polar surface area (TPSA) is 468 Å². The van der Waals surface area contributed by atoms with Gasteiger partial charge in [-0.1, -0.05) is 45.8 Å². The first-order valence-corrected chi connectivity index (χ1v) is 29.5. The molecular weight excluding hydrogens is 1200 g/mol. The molecule has 0 saturated carbocycles. The number of hydrogen-bond donors (Lipinski definition) is 15. The molecule has 0 bridgehead atoms. The quantitative estimate of drug-likeness (QED) is 0.0234.